The first kappa shape index (κ1) is 16.0. The Balaban J connectivity index is 2.43. The van der Waals surface area contributed by atoms with Gasteiger partial charge in [0, 0.05) is 18.5 Å². The molecule has 2 N–H and O–H groups in total. The van der Waals surface area contributed by atoms with Crippen molar-refractivity contribution in [3.63, 3.8) is 0 Å². The molecule has 1 fully saturated rings. The lowest BCUT2D eigenvalue weighted by Gasteiger charge is -2.35. The van der Waals surface area contributed by atoms with Crippen LogP contribution in [0.3, 0.4) is 0 Å². The minimum atomic E-state index is -0.778. The molecule has 5 nitrogen and oxygen atoms in total. The number of carbonyl (C=O) groups excluding carboxylic acids is 1. The Hall–Kier alpha value is -1.10. The van der Waals surface area contributed by atoms with Crippen LogP contribution in [0, 0.1) is 11.3 Å². The van der Waals surface area contributed by atoms with Crippen molar-refractivity contribution in [2.45, 2.75) is 46.6 Å². The second kappa shape index (κ2) is 6.37. The van der Waals surface area contributed by atoms with Crippen molar-refractivity contribution in [3.05, 3.63) is 0 Å². The standard InChI is InChI=1S/C14H26N2O3/c1-10(12(17)18)16-7-5-6-11(9-16)8-15-13(19)14(2,3)4/h10-11H,5-9H2,1-4H3,(H,15,19)(H,17,18). The Bertz CT molecular complexity index is 336. The molecule has 1 rings (SSSR count). The number of nitrogens with one attached hydrogen (secondary N) is 1. The first-order valence-corrected chi connectivity index (χ1v) is 6.97. The predicted molar refractivity (Wildman–Crippen MR) is 73.9 cm³/mol. The summed E-state index contributed by atoms with van der Waals surface area (Å²) in [4.78, 5) is 24.8. The highest BCUT2D eigenvalue weighted by Gasteiger charge is 2.28. The van der Waals surface area contributed by atoms with E-state index in [1.54, 1.807) is 6.92 Å². The lowest BCUT2D eigenvalue weighted by atomic mass is 9.93. The summed E-state index contributed by atoms with van der Waals surface area (Å²) in [7, 11) is 0. The maximum absolute atomic E-state index is 11.8. The molecule has 1 aliphatic rings. The van der Waals surface area contributed by atoms with E-state index in [2.05, 4.69) is 5.32 Å². The van der Waals surface area contributed by atoms with Gasteiger partial charge in [0.1, 0.15) is 6.04 Å². The summed E-state index contributed by atoms with van der Waals surface area (Å²) in [6.45, 7) is 9.61. The number of hydrogen-bond acceptors (Lipinski definition) is 3. The molecular formula is C14H26N2O3. The summed E-state index contributed by atoms with van der Waals surface area (Å²) in [6.07, 6.45) is 2.04. The van der Waals surface area contributed by atoms with Crippen molar-refractivity contribution in [2.75, 3.05) is 19.6 Å². The van der Waals surface area contributed by atoms with Crippen LogP contribution in [-0.4, -0.2) is 47.6 Å². The number of carboxylic acid groups (broad SMARTS) is 1. The Morgan fingerprint density at radius 3 is 2.58 bits per heavy atom. The zero-order valence-electron chi connectivity index (χ0n) is 12.4. The highest BCUT2D eigenvalue weighted by Crippen LogP contribution is 2.19. The van der Waals surface area contributed by atoms with Crippen molar-refractivity contribution in [1.29, 1.82) is 0 Å². The van der Waals surface area contributed by atoms with Gasteiger partial charge >= 0.3 is 5.97 Å². The molecule has 1 amide bonds. The van der Waals surface area contributed by atoms with E-state index in [0.717, 1.165) is 25.9 Å². The monoisotopic (exact) mass is 270 g/mol. The molecule has 1 saturated heterocycles. The van der Waals surface area contributed by atoms with Crippen molar-refractivity contribution in [3.8, 4) is 0 Å². The summed E-state index contributed by atoms with van der Waals surface area (Å²) in [5.41, 5.74) is -0.372. The molecule has 0 aromatic carbocycles. The number of carbonyl (C=O) groups is 2. The fraction of sp³-hybridized carbons (Fsp3) is 0.857. The van der Waals surface area contributed by atoms with Gasteiger partial charge < -0.3 is 10.4 Å². The number of amides is 1. The van der Waals surface area contributed by atoms with Crippen LogP contribution in [0.2, 0.25) is 0 Å². The van der Waals surface area contributed by atoms with Crippen LogP contribution in [0.1, 0.15) is 40.5 Å². The molecule has 2 unspecified atom stereocenters. The Morgan fingerprint density at radius 1 is 1.42 bits per heavy atom. The number of hydrogen-bond donors (Lipinski definition) is 2. The Morgan fingerprint density at radius 2 is 2.05 bits per heavy atom. The predicted octanol–water partition coefficient (Wildman–Crippen LogP) is 1.33. The molecule has 0 spiro atoms. The zero-order valence-corrected chi connectivity index (χ0v) is 12.4. The average molecular weight is 270 g/mol. The van der Waals surface area contributed by atoms with Crippen LogP contribution >= 0.6 is 0 Å². The van der Waals surface area contributed by atoms with Gasteiger partial charge in [-0.3, -0.25) is 14.5 Å². The summed E-state index contributed by atoms with van der Waals surface area (Å²) < 4.78 is 0. The van der Waals surface area contributed by atoms with E-state index >= 15 is 0 Å². The van der Waals surface area contributed by atoms with Gasteiger partial charge in [-0.2, -0.15) is 0 Å². The molecule has 0 aliphatic carbocycles. The highest BCUT2D eigenvalue weighted by atomic mass is 16.4. The number of nitrogens with zero attached hydrogens (tertiary/aromatic N) is 1. The SMILES string of the molecule is CC(C(=O)O)N1CCCC(CNC(=O)C(C)(C)C)C1. The van der Waals surface area contributed by atoms with Gasteiger partial charge in [-0.1, -0.05) is 20.8 Å². The minimum Gasteiger partial charge on any atom is -0.480 e. The fourth-order valence-electron chi connectivity index (χ4n) is 2.27. The third-order valence-corrected chi connectivity index (χ3v) is 3.69. The smallest absolute Gasteiger partial charge is 0.320 e. The van der Waals surface area contributed by atoms with Crippen LogP contribution in [0.4, 0.5) is 0 Å². The van der Waals surface area contributed by atoms with Crippen LogP contribution < -0.4 is 5.32 Å². The van der Waals surface area contributed by atoms with E-state index in [4.69, 9.17) is 5.11 Å². The van der Waals surface area contributed by atoms with E-state index in [1.807, 2.05) is 25.7 Å². The van der Waals surface area contributed by atoms with Crippen LogP contribution in [0.5, 0.6) is 0 Å². The van der Waals surface area contributed by atoms with Gasteiger partial charge in [0.2, 0.25) is 5.91 Å². The van der Waals surface area contributed by atoms with Gasteiger partial charge in [0.25, 0.3) is 0 Å². The van der Waals surface area contributed by atoms with Crippen molar-refractivity contribution >= 4 is 11.9 Å². The van der Waals surface area contributed by atoms with Gasteiger partial charge in [0.05, 0.1) is 0 Å². The normalized spacial score (nSPS) is 22.8. The number of rotatable bonds is 4. The maximum Gasteiger partial charge on any atom is 0.320 e. The topological polar surface area (TPSA) is 69.6 Å². The quantitative estimate of drug-likeness (QED) is 0.808. The van der Waals surface area contributed by atoms with Crippen molar-refractivity contribution < 1.29 is 14.7 Å². The largest absolute Gasteiger partial charge is 0.480 e. The first-order valence-electron chi connectivity index (χ1n) is 6.97. The molecule has 19 heavy (non-hydrogen) atoms. The lowest BCUT2D eigenvalue weighted by molar-refractivity contribution is -0.143. The van der Waals surface area contributed by atoms with Crippen molar-refractivity contribution in [2.24, 2.45) is 11.3 Å². The number of carboxylic acids is 1. The van der Waals surface area contributed by atoms with Gasteiger partial charge in [0.15, 0.2) is 0 Å². The molecule has 1 aliphatic heterocycles. The van der Waals surface area contributed by atoms with Gasteiger partial charge in [-0.05, 0) is 32.2 Å². The Labute approximate surface area is 115 Å². The molecule has 0 aromatic rings. The molecule has 110 valence electrons. The summed E-state index contributed by atoms with van der Waals surface area (Å²) in [5, 5.41) is 12.0. The Kier molecular flexibility index (Phi) is 5.35. The van der Waals surface area contributed by atoms with E-state index < -0.39 is 12.0 Å². The molecule has 5 heteroatoms. The first-order chi connectivity index (χ1) is 8.71. The van der Waals surface area contributed by atoms with Crippen LogP contribution in [-0.2, 0) is 9.59 Å². The highest BCUT2D eigenvalue weighted by molar-refractivity contribution is 5.81. The van der Waals surface area contributed by atoms with E-state index in [1.165, 1.54) is 0 Å². The second-order valence-electron chi connectivity index (χ2n) is 6.48. The summed E-state index contributed by atoms with van der Waals surface area (Å²) in [6, 6.07) is -0.443. The van der Waals surface area contributed by atoms with E-state index in [-0.39, 0.29) is 11.3 Å². The maximum atomic E-state index is 11.8. The number of piperidine rings is 1. The van der Waals surface area contributed by atoms with E-state index in [9.17, 15) is 9.59 Å². The molecule has 0 saturated carbocycles. The molecule has 0 aromatic heterocycles. The molecule has 2 atom stereocenters. The van der Waals surface area contributed by atoms with Gasteiger partial charge in [-0.15, -0.1) is 0 Å². The number of aliphatic carboxylic acids is 1. The number of likely N-dealkylation sites (tertiary alicyclic amines) is 1. The molecule has 0 bridgehead atoms. The summed E-state index contributed by atoms with van der Waals surface area (Å²) >= 11 is 0. The van der Waals surface area contributed by atoms with Crippen molar-refractivity contribution in [1.82, 2.24) is 10.2 Å². The minimum absolute atomic E-state index is 0.0518. The summed E-state index contributed by atoms with van der Waals surface area (Å²) in [5.74, 6) is -0.378. The fourth-order valence-corrected chi connectivity index (χ4v) is 2.27. The van der Waals surface area contributed by atoms with Crippen LogP contribution in [0.25, 0.3) is 0 Å². The van der Waals surface area contributed by atoms with E-state index in [0.29, 0.717) is 12.5 Å². The zero-order chi connectivity index (χ0) is 14.6. The van der Waals surface area contributed by atoms with Crippen LogP contribution in [0.15, 0.2) is 0 Å². The van der Waals surface area contributed by atoms with Gasteiger partial charge in [-0.25, -0.2) is 0 Å². The lowest BCUT2D eigenvalue weighted by Crippen LogP contribution is -2.48. The molecule has 1 heterocycles. The molecular weight excluding hydrogens is 244 g/mol. The molecule has 0 radical (unpaired) electrons. The third-order valence-electron chi connectivity index (χ3n) is 3.69. The second-order valence-corrected chi connectivity index (χ2v) is 6.48. The third kappa shape index (κ3) is 4.82. The average Bonchev–Trinajstić information content (AvgIpc) is 2.34.